The molecule has 0 aliphatic heterocycles. The van der Waals surface area contributed by atoms with Gasteiger partial charge in [-0.05, 0) is 60.2 Å². The Morgan fingerprint density at radius 2 is 1.59 bits per heavy atom. The molecule has 0 saturated carbocycles. The standard InChI is InChI=1S/C16H19O5P/c1-11(12-4-6-14(17)7-5-12)2-3-13-10-15(18)8-9-16(13)22(19,20)21/h4-11,17-18H,2-3H2,1H3,(H2,19,20,21). The molecule has 2 aromatic carbocycles. The van der Waals surface area contributed by atoms with Gasteiger partial charge in [0.1, 0.15) is 11.5 Å². The fraction of sp³-hybridized carbons (Fsp3) is 0.250. The van der Waals surface area contributed by atoms with Crippen LogP contribution in [0.4, 0.5) is 0 Å². The second-order valence-electron chi connectivity index (χ2n) is 5.39. The average molecular weight is 322 g/mol. The van der Waals surface area contributed by atoms with Crippen molar-refractivity contribution in [1.29, 1.82) is 0 Å². The van der Waals surface area contributed by atoms with Gasteiger partial charge in [0.2, 0.25) is 0 Å². The maximum atomic E-state index is 11.5. The number of hydrogen-bond acceptors (Lipinski definition) is 3. The highest BCUT2D eigenvalue weighted by Crippen LogP contribution is 2.36. The number of hydrogen-bond donors (Lipinski definition) is 4. The molecule has 2 aromatic rings. The number of rotatable bonds is 5. The lowest BCUT2D eigenvalue weighted by Gasteiger charge is -2.15. The molecule has 0 aromatic heterocycles. The summed E-state index contributed by atoms with van der Waals surface area (Å²) < 4.78 is 11.5. The van der Waals surface area contributed by atoms with E-state index in [-0.39, 0.29) is 22.7 Å². The maximum Gasteiger partial charge on any atom is 0.356 e. The van der Waals surface area contributed by atoms with Crippen LogP contribution in [0, 0.1) is 0 Å². The lowest BCUT2D eigenvalue weighted by molar-refractivity contribution is 0.387. The minimum absolute atomic E-state index is 0.00973. The van der Waals surface area contributed by atoms with E-state index in [0.717, 1.165) is 5.56 Å². The van der Waals surface area contributed by atoms with E-state index < -0.39 is 7.60 Å². The molecule has 0 bridgehead atoms. The summed E-state index contributed by atoms with van der Waals surface area (Å²) in [5.41, 5.74) is 1.50. The van der Waals surface area contributed by atoms with Gasteiger partial charge in [-0.25, -0.2) is 0 Å². The van der Waals surface area contributed by atoms with Crippen LogP contribution < -0.4 is 5.30 Å². The van der Waals surface area contributed by atoms with Crippen molar-refractivity contribution in [3.63, 3.8) is 0 Å². The maximum absolute atomic E-state index is 11.5. The fourth-order valence-electron chi connectivity index (χ4n) is 2.40. The second kappa shape index (κ2) is 6.53. The molecule has 1 atom stereocenters. The van der Waals surface area contributed by atoms with Crippen molar-refractivity contribution in [2.45, 2.75) is 25.7 Å². The molecule has 118 valence electrons. The molecule has 0 saturated heterocycles. The largest absolute Gasteiger partial charge is 0.508 e. The summed E-state index contributed by atoms with van der Waals surface area (Å²) >= 11 is 0. The zero-order valence-corrected chi connectivity index (χ0v) is 13.1. The highest BCUT2D eigenvalue weighted by Gasteiger charge is 2.22. The summed E-state index contributed by atoms with van der Waals surface area (Å²) in [5, 5.41) is 18.8. The molecule has 0 aliphatic carbocycles. The van der Waals surface area contributed by atoms with Crippen molar-refractivity contribution in [2.24, 2.45) is 0 Å². The van der Waals surface area contributed by atoms with Gasteiger partial charge in [0.25, 0.3) is 0 Å². The molecule has 0 amide bonds. The van der Waals surface area contributed by atoms with Gasteiger partial charge in [-0.15, -0.1) is 0 Å². The Morgan fingerprint density at radius 1 is 1.00 bits per heavy atom. The van der Waals surface area contributed by atoms with Gasteiger partial charge in [-0.2, -0.15) is 0 Å². The van der Waals surface area contributed by atoms with Crippen LogP contribution in [0.25, 0.3) is 0 Å². The molecule has 2 rings (SSSR count). The van der Waals surface area contributed by atoms with Crippen LogP contribution in [0.5, 0.6) is 11.5 Å². The van der Waals surface area contributed by atoms with Crippen LogP contribution in [0.3, 0.4) is 0 Å². The van der Waals surface area contributed by atoms with E-state index in [1.165, 1.54) is 18.2 Å². The van der Waals surface area contributed by atoms with Crippen LogP contribution in [0.15, 0.2) is 42.5 Å². The number of benzene rings is 2. The summed E-state index contributed by atoms with van der Waals surface area (Å²) in [6.45, 7) is 2.01. The van der Waals surface area contributed by atoms with Crippen molar-refractivity contribution >= 4 is 12.9 Å². The molecule has 4 N–H and O–H groups in total. The molecular weight excluding hydrogens is 303 g/mol. The van der Waals surface area contributed by atoms with Crippen molar-refractivity contribution < 1.29 is 24.6 Å². The number of aromatic hydroxyl groups is 2. The topological polar surface area (TPSA) is 98.0 Å². The summed E-state index contributed by atoms with van der Waals surface area (Å²) in [4.78, 5) is 18.8. The van der Waals surface area contributed by atoms with Gasteiger partial charge in [0.15, 0.2) is 0 Å². The van der Waals surface area contributed by atoms with E-state index in [0.29, 0.717) is 18.4 Å². The van der Waals surface area contributed by atoms with Crippen LogP contribution >= 0.6 is 7.60 Å². The van der Waals surface area contributed by atoms with E-state index in [1.54, 1.807) is 12.1 Å². The van der Waals surface area contributed by atoms with Gasteiger partial charge in [-0.1, -0.05) is 19.1 Å². The highest BCUT2D eigenvalue weighted by atomic mass is 31.2. The van der Waals surface area contributed by atoms with Gasteiger partial charge in [0.05, 0.1) is 5.30 Å². The van der Waals surface area contributed by atoms with E-state index >= 15 is 0 Å². The SMILES string of the molecule is CC(CCc1cc(O)ccc1P(=O)(O)O)c1ccc(O)cc1. The minimum atomic E-state index is -4.36. The first-order valence-corrected chi connectivity index (χ1v) is 8.55. The van der Waals surface area contributed by atoms with E-state index in [1.807, 2.05) is 19.1 Å². The molecule has 1 unspecified atom stereocenters. The quantitative estimate of drug-likeness (QED) is 0.634. The van der Waals surface area contributed by atoms with Gasteiger partial charge in [0, 0.05) is 0 Å². The zero-order valence-electron chi connectivity index (χ0n) is 12.2. The van der Waals surface area contributed by atoms with Crippen LogP contribution in [-0.2, 0) is 11.0 Å². The molecular formula is C16H19O5P. The Morgan fingerprint density at radius 3 is 2.18 bits per heavy atom. The molecule has 0 aliphatic rings. The molecule has 5 nitrogen and oxygen atoms in total. The monoisotopic (exact) mass is 322 g/mol. The Balaban J connectivity index is 2.16. The first-order valence-electron chi connectivity index (χ1n) is 6.94. The highest BCUT2D eigenvalue weighted by molar-refractivity contribution is 7.60. The van der Waals surface area contributed by atoms with Crippen molar-refractivity contribution in [1.82, 2.24) is 0 Å². The van der Waals surface area contributed by atoms with Gasteiger partial charge in [-0.3, -0.25) is 4.57 Å². The lowest BCUT2D eigenvalue weighted by atomic mass is 9.94. The Hall–Kier alpha value is -1.81. The Bertz CT molecular complexity index is 690. The summed E-state index contributed by atoms with van der Waals surface area (Å²) in [6.07, 6.45) is 1.11. The predicted octanol–water partition coefficient (Wildman–Crippen LogP) is 2.64. The predicted molar refractivity (Wildman–Crippen MR) is 84.6 cm³/mol. The number of phenols is 2. The molecule has 0 spiro atoms. The lowest BCUT2D eigenvalue weighted by Crippen LogP contribution is -2.11. The third-order valence-electron chi connectivity index (χ3n) is 3.69. The fourth-order valence-corrected chi connectivity index (χ4v) is 3.22. The molecule has 0 heterocycles. The minimum Gasteiger partial charge on any atom is -0.508 e. The van der Waals surface area contributed by atoms with E-state index in [4.69, 9.17) is 0 Å². The van der Waals surface area contributed by atoms with Crippen LogP contribution in [0.2, 0.25) is 0 Å². The third-order valence-corrected chi connectivity index (χ3v) is 4.75. The summed E-state index contributed by atoms with van der Waals surface area (Å²) in [6, 6.07) is 10.8. The van der Waals surface area contributed by atoms with Crippen molar-refractivity contribution in [3.05, 3.63) is 53.6 Å². The van der Waals surface area contributed by atoms with Crippen LogP contribution in [-0.4, -0.2) is 20.0 Å². The average Bonchev–Trinajstić information content (AvgIpc) is 2.44. The smallest absolute Gasteiger partial charge is 0.356 e. The van der Waals surface area contributed by atoms with Crippen LogP contribution in [0.1, 0.15) is 30.4 Å². The van der Waals surface area contributed by atoms with Crippen molar-refractivity contribution in [2.75, 3.05) is 0 Å². The normalized spacial score (nSPS) is 13.0. The van der Waals surface area contributed by atoms with Crippen molar-refractivity contribution in [3.8, 4) is 11.5 Å². The summed E-state index contributed by atoms with van der Waals surface area (Å²) in [5.74, 6) is 0.352. The Kier molecular flexibility index (Phi) is 4.91. The van der Waals surface area contributed by atoms with Gasteiger partial charge >= 0.3 is 7.60 Å². The zero-order chi connectivity index (χ0) is 16.3. The first kappa shape index (κ1) is 16.6. The van der Waals surface area contributed by atoms with Gasteiger partial charge < -0.3 is 20.0 Å². The molecule has 6 heteroatoms. The molecule has 0 fully saturated rings. The number of aryl methyl sites for hydroxylation is 1. The number of phenolic OH excluding ortho intramolecular Hbond substituents is 2. The molecule has 22 heavy (non-hydrogen) atoms. The molecule has 0 radical (unpaired) electrons. The van der Waals surface area contributed by atoms with E-state index in [2.05, 4.69) is 0 Å². The third kappa shape index (κ3) is 4.10. The Labute approximate surface area is 129 Å². The summed E-state index contributed by atoms with van der Waals surface area (Å²) in [7, 11) is -4.36. The second-order valence-corrected chi connectivity index (χ2v) is 6.96. The van der Waals surface area contributed by atoms with E-state index in [9.17, 15) is 24.6 Å². The first-order chi connectivity index (χ1) is 10.3.